The molecule has 2 aromatic rings. The van der Waals surface area contributed by atoms with Crippen molar-refractivity contribution in [2.45, 2.75) is 39.7 Å². The van der Waals surface area contributed by atoms with Crippen molar-refractivity contribution in [3.63, 3.8) is 0 Å². The van der Waals surface area contributed by atoms with Gasteiger partial charge in [-0.25, -0.2) is 4.39 Å². The highest BCUT2D eigenvalue weighted by Gasteiger charge is 2.31. The molecular formula is C23H29FO2. The molecule has 0 heterocycles. The van der Waals surface area contributed by atoms with E-state index in [0.29, 0.717) is 11.3 Å². The summed E-state index contributed by atoms with van der Waals surface area (Å²) in [6, 6.07) is 11.0. The second-order valence-corrected chi connectivity index (χ2v) is 7.16. The molecule has 0 amide bonds. The number of benzene rings is 2. The lowest BCUT2D eigenvalue weighted by molar-refractivity contribution is 0.0307. The third-order valence-corrected chi connectivity index (χ3v) is 4.84. The van der Waals surface area contributed by atoms with Crippen LogP contribution in [0, 0.1) is 11.2 Å². The second kappa shape index (κ2) is 8.50. The monoisotopic (exact) mass is 356 g/mol. The maximum Gasteiger partial charge on any atom is 0.131 e. The molecule has 0 aromatic heterocycles. The van der Waals surface area contributed by atoms with E-state index in [-0.39, 0.29) is 17.3 Å². The number of methoxy groups -OCH3 is 2. The van der Waals surface area contributed by atoms with Crippen LogP contribution in [0.5, 0.6) is 5.75 Å². The summed E-state index contributed by atoms with van der Waals surface area (Å²) >= 11 is 0. The van der Waals surface area contributed by atoms with Gasteiger partial charge in [0, 0.05) is 18.1 Å². The molecule has 2 nitrogen and oxygen atoms in total. The summed E-state index contributed by atoms with van der Waals surface area (Å²) in [5, 5.41) is 0. The highest BCUT2D eigenvalue weighted by molar-refractivity contribution is 5.70. The first-order chi connectivity index (χ1) is 12.4. The van der Waals surface area contributed by atoms with Crippen molar-refractivity contribution < 1.29 is 13.9 Å². The van der Waals surface area contributed by atoms with Gasteiger partial charge >= 0.3 is 0 Å². The van der Waals surface area contributed by atoms with Gasteiger partial charge in [-0.2, -0.15) is 0 Å². The Labute approximate surface area is 156 Å². The van der Waals surface area contributed by atoms with Gasteiger partial charge in [0.15, 0.2) is 0 Å². The SMILES string of the molecule is C=CC(C)(C)[C@@H](OC)c1cc(CCC)ccc1-c1cc(OC)ccc1F. The van der Waals surface area contributed by atoms with E-state index in [4.69, 9.17) is 9.47 Å². The number of aryl methyl sites for hydroxylation is 1. The normalized spacial score (nSPS) is 12.7. The summed E-state index contributed by atoms with van der Waals surface area (Å²) in [6.07, 6.45) is 3.67. The average molecular weight is 356 g/mol. The maximum absolute atomic E-state index is 14.6. The van der Waals surface area contributed by atoms with Crippen molar-refractivity contribution in [2.75, 3.05) is 14.2 Å². The smallest absolute Gasteiger partial charge is 0.131 e. The van der Waals surface area contributed by atoms with E-state index in [9.17, 15) is 4.39 Å². The zero-order valence-corrected chi connectivity index (χ0v) is 16.4. The zero-order valence-electron chi connectivity index (χ0n) is 16.4. The Morgan fingerprint density at radius 2 is 1.85 bits per heavy atom. The molecule has 0 saturated carbocycles. The van der Waals surface area contributed by atoms with Crippen molar-refractivity contribution in [2.24, 2.45) is 5.41 Å². The van der Waals surface area contributed by atoms with Gasteiger partial charge in [-0.1, -0.05) is 51.5 Å². The summed E-state index contributed by atoms with van der Waals surface area (Å²) in [7, 11) is 3.27. The molecule has 2 aromatic carbocycles. The first-order valence-electron chi connectivity index (χ1n) is 9.01. The molecule has 1 atom stereocenters. The average Bonchev–Trinajstić information content (AvgIpc) is 2.63. The van der Waals surface area contributed by atoms with Gasteiger partial charge in [-0.3, -0.25) is 0 Å². The van der Waals surface area contributed by atoms with E-state index in [0.717, 1.165) is 24.0 Å². The highest BCUT2D eigenvalue weighted by Crippen LogP contribution is 2.42. The Bertz CT molecular complexity index is 765. The molecule has 0 aliphatic rings. The van der Waals surface area contributed by atoms with E-state index >= 15 is 0 Å². The molecule has 0 spiro atoms. The van der Waals surface area contributed by atoms with E-state index < -0.39 is 0 Å². The van der Waals surface area contributed by atoms with Crippen LogP contribution in [-0.2, 0) is 11.2 Å². The van der Waals surface area contributed by atoms with Gasteiger partial charge in [-0.05, 0) is 41.3 Å². The summed E-state index contributed by atoms with van der Waals surface area (Å²) in [5.41, 5.74) is 3.23. The lowest BCUT2D eigenvalue weighted by Gasteiger charge is -2.32. The molecule has 0 bridgehead atoms. The molecule has 2 rings (SSSR count). The van der Waals surface area contributed by atoms with Crippen LogP contribution >= 0.6 is 0 Å². The van der Waals surface area contributed by atoms with Gasteiger partial charge in [0.25, 0.3) is 0 Å². The minimum Gasteiger partial charge on any atom is -0.497 e. The minimum atomic E-state index is -0.302. The van der Waals surface area contributed by atoms with Crippen LogP contribution in [0.4, 0.5) is 4.39 Å². The number of hydrogen-bond acceptors (Lipinski definition) is 2. The predicted molar refractivity (Wildman–Crippen MR) is 106 cm³/mol. The van der Waals surface area contributed by atoms with E-state index in [1.54, 1.807) is 26.4 Å². The number of halogens is 1. The first kappa shape index (κ1) is 20.2. The van der Waals surface area contributed by atoms with Crippen LogP contribution in [0.3, 0.4) is 0 Å². The van der Waals surface area contributed by atoms with Gasteiger partial charge < -0.3 is 9.47 Å². The molecule has 3 heteroatoms. The van der Waals surface area contributed by atoms with Crippen molar-refractivity contribution in [1.29, 1.82) is 0 Å². The Hall–Kier alpha value is -2.13. The van der Waals surface area contributed by atoms with E-state index in [1.807, 2.05) is 12.1 Å². The number of ether oxygens (including phenoxy) is 2. The first-order valence-corrected chi connectivity index (χ1v) is 9.01. The van der Waals surface area contributed by atoms with Crippen molar-refractivity contribution in [1.82, 2.24) is 0 Å². The van der Waals surface area contributed by atoms with Gasteiger partial charge in [-0.15, -0.1) is 6.58 Å². The summed E-state index contributed by atoms with van der Waals surface area (Å²) in [5.74, 6) is 0.350. The van der Waals surface area contributed by atoms with Crippen LogP contribution in [0.15, 0.2) is 49.1 Å². The standard InChI is InChI=1S/C23H29FO2/c1-7-9-16-10-12-18(19-15-17(25-5)11-13-21(19)24)20(14-16)22(26-6)23(3,4)8-2/h8,10-15,22H,2,7,9H2,1,3-6H3/t22-/m0/s1. The summed E-state index contributed by atoms with van der Waals surface area (Å²) in [4.78, 5) is 0. The molecule has 0 unspecified atom stereocenters. The van der Waals surface area contributed by atoms with Crippen molar-refractivity contribution in [3.8, 4) is 16.9 Å². The molecule has 140 valence electrons. The summed E-state index contributed by atoms with van der Waals surface area (Å²) in [6.45, 7) is 10.3. The van der Waals surface area contributed by atoms with Gasteiger partial charge in [0.05, 0.1) is 13.2 Å². The molecular weight excluding hydrogens is 327 g/mol. The lowest BCUT2D eigenvalue weighted by atomic mass is 9.79. The lowest BCUT2D eigenvalue weighted by Crippen LogP contribution is -2.22. The molecule has 0 aliphatic heterocycles. The maximum atomic E-state index is 14.6. The third-order valence-electron chi connectivity index (χ3n) is 4.84. The largest absolute Gasteiger partial charge is 0.497 e. The zero-order chi connectivity index (χ0) is 19.3. The Morgan fingerprint density at radius 1 is 1.12 bits per heavy atom. The quantitative estimate of drug-likeness (QED) is 0.513. The predicted octanol–water partition coefficient (Wildman–Crippen LogP) is 6.35. The van der Waals surface area contributed by atoms with Gasteiger partial charge in [0.1, 0.15) is 11.6 Å². The molecule has 0 N–H and O–H groups in total. The topological polar surface area (TPSA) is 18.5 Å². The Balaban J connectivity index is 2.72. The number of hydrogen-bond donors (Lipinski definition) is 0. The molecule has 0 saturated heterocycles. The fourth-order valence-corrected chi connectivity index (χ4v) is 3.29. The van der Waals surface area contributed by atoms with E-state index in [1.165, 1.54) is 11.6 Å². The van der Waals surface area contributed by atoms with Crippen LogP contribution in [0.2, 0.25) is 0 Å². The van der Waals surface area contributed by atoms with Crippen LogP contribution in [-0.4, -0.2) is 14.2 Å². The summed E-state index contributed by atoms with van der Waals surface area (Å²) < 4.78 is 25.8. The Morgan fingerprint density at radius 3 is 2.42 bits per heavy atom. The van der Waals surface area contributed by atoms with Crippen LogP contribution in [0.25, 0.3) is 11.1 Å². The molecule has 26 heavy (non-hydrogen) atoms. The Kier molecular flexibility index (Phi) is 6.60. The second-order valence-electron chi connectivity index (χ2n) is 7.16. The fraction of sp³-hybridized carbons (Fsp3) is 0.391. The molecule has 0 fully saturated rings. The molecule has 0 aliphatic carbocycles. The van der Waals surface area contributed by atoms with Crippen molar-refractivity contribution in [3.05, 3.63) is 66.0 Å². The highest BCUT2D eigenvalue weighted by atomic mass is 19.1. The fourth-order valence-electron chi connectivity index (χ4n) is 3.29. The third kappa shape index (κ3) is 4.16. The van der Waals surface area contributed by atoms with Crippen molar-refractivity contribution >= 4 is 0 Å². The molecule has 0 radical (unpaired) electrons. The van der Waals surface area contributed by atoms with E-state index in [2.05, 4.69) is 39.5 Å². The van der Waals surface area contributed by atoms with Crippen LogP contribution < -0.4 is 4.74 Å². The van der Waals surface area contributed by atoms with Crippen LogP contribution in [0.1, 0.15) is 44.4 Å². The van der Waals surface area contributed by atoms with Gasteiger partial charge in [0.2, 0.25) is 0 Å². The minimum absolute atomic E-state index is 0.239. The number of rotatable bonds is 8.